The van der Waals surface area contributed by atoms with Crippen molar-refractivity contribution >= 4 is 0 Å². The second-order valence-electron chi connectivity index (χ2n) is 6.42. The molecule has 2 atom stereocenters. The fourth-order valence-electron chi connectivity index (χ4n) is 3.01. The summed E-state index contributed by atoms with van der Waals surface area (Å²) in [6, 6.07) is 0.773. The zero-order chi connectivity index (χ0) is 13.6. The minimum Gasteiger partial charge on any atom is -0.316 e. The lowest BCUT2D eigenvalue weighted by atomic mass is 9.86. The molecule has 1 rings (SSSR count). The van der Waals surface area contributed by atoms with Crippen molar-refractivity contribution in [2.75, 3.05) is 46.8 Å². The van der Waals surface area contributed by atoms with E-state index in [0.29, 0.717) is 5.41 Å². The second-order valence-corrected chi connectivity index (χ2v) is 6.42. The number of likely N-dealkylation sites (tertiary alicyclic amines) is 1. The predicted molar refractivity (Wildman–Crippen MR) is 80.1 cm³/mol. The van der Waals surface area contributed by atoms with Crippen LogP contribution >= 0.6 is 0 Å². The van der Waals surface area contributed by atoms with E-state index in [2.05, 4.69) is 50.0 Å². The molecule has 2 unspecified atom stereocenters. The summed E-state index contributed by atoms with van der Waals surface area (Å²) in [6.45, 7) is 12.8. The van der Waals surface area contributed by atoms with Crippen LogP contribution in [0.5, 0.6) is 0 Å². The molecular formula is C15H33N3. The van der Waals surface area contributed by atoms with Crippen molar-refractivity contribution in [3.05, 3.63) is 0 Å². The van der Waals surface area contributed by atoms with E-state index < -0.39 is 0 Å². The third-order valence-corrected chi connectivity index (χ3v) is 4.50. The molecule has 1 heterocycles. The molecule has 0 spiro atoms. The van der Waals surface area contributed by atoms with Crippen LogP contribution in [0.4, 0.5) is 0 Å². The molecule has 1 fully saturated rings. The van der Waals surface area contributed by atoms with Gasteiger partial charge in [0, 0.05) is 25.7 Å². The Hall–Kier alpha value is -0.120. The number of hydrogen-bond acceptors (Lipinski definition) is 3. The van der Waals surface area contributed by atoms with Gasteiger partial charge in [0.1, 0.15) is 0 Å². The molecule has 18 heavy (non-hydrogen) atoms. The molecule has 3 heteroatoms. The maximum absolute atomic E-state index is 3.51. The quantitative estimate of drug-likeness (QED) is 0.716. The first-order chi connectivity index (χ1) is 8.50. The average molecular weight is 255 g/mol. The van der Waals surface area contributed by atoms with Gasteiger partial charge in [-0.25, -0.2) is 0 Å². The van der Waals surface area contributed by atoms with Gasteiger partial charge < -0.3 is 15.1 Å². The van der Waals surface area contributed by atoms with Crippen LogP contribution < -0.4 is 5.32 Å². The molecule has 0 aromatic heterocycles. The SMILES string of the molecule is CCNCC(C)(CC)CN(C)CC1CCCN1C. The summed E-state index contributed by atoms with van der Waals surface area (Å²) < 4.78 is 0. The number of hydrogen-bond donors (Lipinski definition) is 1. The summed E-state index contributed by atoms with van der Waals surface area (Å²) in [5.41, 5.74) is 0.405. The van der Waals surface area contributed by atoms with Crippen molar-refractivity contribution in [1.29, 1.82) is 0 Å². The summed E-state index contributed by atoms with van der Waals surface area (Å²) in [6.07, 6.45) is 3.99. The highest BCUT2D eigenvalue weighted by Crippen LogP contribution is 2.22. The van der Waals surface area contributed by atoms with E-state index in [9.17, 15) is 0 Å². The fourth-order valence-corrected chi connectivity index (χ4v) is 3.01. The van der Waals surface area contributed by atoms with Crippen LogP contribution in [0.1, 0.15) is 40.0 Å². The van der Waals surface area contributed by atoms with E-state index >= 15 is 0 Å². The zero-order valence-electron chi connectivity index (χ0n) is 13.1. The molecule has 0 aromatic carbocycles. The lowest BCUT2D eigenvalue weighted by Crippen LogP contribution is -2.44. The molecule has 1 aliphatic heterocycles. The Morgan fingerprint density at radius 3 is 2.61 bits per heavy atom. The van der Waals surface area contributed by atoms with Gasteiger partial charge in [-0.3, -0.25) is 0 Å². The van der Waals surface area contributed by atoms with E-state index in [4.69, 9.17) is 0 Å². The lowest BCUT2D eigenvalue weighted by Gasteiger charge is -2.35. The maximum Gasteiger partial charge on any atom is 0.0220 e. The van der Waals surface area contributed by atoms with Crippen LogP contribution in [-0.2, 0) is 0 Å². The Balaban J connectivity index is 2.38. The highest BCUT2D eigenvalue weighted by Gasteiger charge is 2.27. The van der Waals surface area contributed by atoms with Gasteiger partial charge in [0.05, 0.1) is 0 Å². The van der Waals surface area contributed by atoms with E-state index in [1.807, 2.05) is 0 Å². The summed E-state index contributed by atoms with van der Waals surface area (Å²) in [5.74, 6) is 0. The number of rotatable bonds is 8. The molecule has 3 nitrogen and oxygen atoms in total. The molecule has 1 aliphatic rings. The van der Waals surface area contributed by atoms with Gasteiger partial charge in [0.15, 0.2) is 0 Å². The van der Waals surface area contributed by atoms with Gasteiger partial charge in [-0.2, -0.15) is 0 Å². The van der Waals surface area contributed by atoms with E-state index in [1.54, 1.807) is 0 Å². The third kappa shape index (κ3) is 4.87. The lowest BCUT2D eigenvalue weighted by molar-refractivity contribution is 0.149. The Bertz CT molecular complexity index is 232. The van der Waals surface area contributed by atoms with Gasteiger partial charge in [-0.1, -0.05) is 20.8 Å². The first-order valence-electron chi connectivity index (χ1n) is 7.60. The molecule has 0 aliphatic carbocycles. The molecular weight excluding hydrogens is 222 g/mol. The van der Waals surface area contributed by atoms with Gasteiger partial charge in [-0.05, 0) is 51.9 Å². The van der Waals surface area contributed by atoms with Crippen molar-refractivity contribution in [2.45, 2.75) is 46.1 Å². The van der Waals surface area contributed by atoms with E-state index in [0.717, 1.165) is 19.1 Å². The molecule has 1 saturated heterocycles. The van der Waals surface area contributed by atoms with Crippen molar-refractivity contribution in [3.8, 4) is 0 Å². The normalized spacial score (nSPS) is 24.7. The Morgan fingerprint density at radius 2 is 2.11 bits per heavy atom. The third-order valence-electron chi connectivity index (χ3n) is 4.50. The predicted octanol–water partition coefficient (Wildman–Crippen LogP) is 2.04. The topological polar surface area (TPSA) is 18.5 Å². The van der Waals surface area contributed by atoms with Crippen LogP contribution in [0.25, 0.3) is 0 Å². The van der Waals surface area contributed by atoms with Crippen molar-refractivity contribution in [2.24, 2.45) is 5.41 Å². The molecule has 0 bridgehead atoms. The first kappa shape index (κ1) is 15.9. The maximum atomic E-state index is 3.51. The summed E-state index contributed by atoms with van der Waals surface area (Å²) in [7, 11) is 4.55. The average Bonchev–Trinajstić information content (AvgIpc) is 2.72. The summed E-state index contributed by atoms with van der Waals surface area (Å²) >= 11 is 0. The standard InChI is InChI=1S/C15H33N3/c1-6-15(3,12-16-7-2)13-17(4)11-14-9-8-10-18(14)5/h14,16H,6-13H2,1-5H3. The highest BCUT2D eigenvalue weighted by atomic mass is 15.2. The zero-order valence-corrected chi connectivity index (χ0v) is 13.1. The minimum atomic E-state index is 0.405. The molecule has 0 aromatic rings. The summed E-state index contributed by atoms with van der Waals surface area (Å²) in [4.78, 5) is 5.05. The van der Waals surface area contributed by atoms with Gasteiger partial charge in [-0.15, -0.1) is 0 Å². The van der Waals surface area contributed by atoms with Gasteiger partial charge in [0.25, 0.3) is 0 Å². The highest BCUT2D eigenvalue weighted by molar-refractivity contribution is 4.83. The Kier molecular flexibility index (Phi) is 6.61. The van der Waals surface area contributed by atoms with Crippen LogP contribution in [0.2, 0.25) is 0 Å². The van der Waals surface area contributed by atoms with Crippen molar-refractivity contribution in [3.63, 3.8) is 0 Å². The van der Waals surface area contributed by atoms with Crippen molar-refractivity contribution in [1.82, 2.24) is 15.1 Å². The molecule has 0 amide bonds. The van der Waals surface area contributed by atoms with Gasteiger partial charge in [0.2, 0.25) is 0 Å². The monoisotopic (exact) mass is 255 g/mol. The van der Waals surface area contributed by atoms with Gasteiger partial charge >= 0.3 is 0 Å². The van der Waals surface area contributed by atoms with E-state index in [1.165, 1.54) is 38.9 Å². The first-order valence-corrected chi connectivity index (χ1v) is 7.60. The van der Waals surface area contributed by atoms with Crippen LogP contribution in [0, 0.1) is 5.41 Å². The van der Waals surface area contributed by atoms with Crippen LogP contribution in [0.15, 0.2) is 0 Å². The minimum absolute atomic E-state index is 0.405. The van der Waals surface area contributed by atoms with Crippen molar-refractivity contribution < 1.29 is 0 Å². The molecule has 0 saturated carbocycles. The Labute approximate surface area is 114 Å². The second kappa shape index (κ2) is 7.46. The number of nitrogens with one attached hydrogen (secondary N) is 1. The van der Waals surface area contributed by atoms with E-state index in [-0.39, 0.29) is 0 Å². The fraction of sp³-hybridized carbons (Fsp3) is 1.00. The van der Waals surface area contributed by atoms with Crippen LogP contribution in [-0.4, -0.2) is 62.7 Å². The Morgan fingerprint density at radius 1 is 1.39 bits per heavy atom. The van der Waals surface area contributed by atoms with Crippen LogP contribution in [0.3, 0.4) is 0 Å². The molecule has 1 N–H and O–H groups in total. The summed E-state index contributed by atoms with van der Waals surface area (Å²) in [5, 5.41) is 3.51. The smallest absolute Gasteiger partial charge is 0.0220 e. The number of nitrogens with zero attached hydrogens (tertiary/aromatic N) is 2. The largest absolute Gasteiger partial charge is 0.316 e. The number of likely N-dealkylation sites (N-methyl/N-ethyl adjacent to an activating group) is 2. The molecule has 108 valence electrons. The molecule has 0 radical (unpaired) electrons.